The molecular weight excluding hydrogens is 548 g/mol. The summed E-state index contributed by atoms with van der Waals surface area (Å²) in [5.74, 6) is -0.0480. The van der Waals surface area contributed by atoms with Gasteiger partial charge < -0.3 is 29.9 Å². The summed E-state index contributed by atoms with van der Waals surface area (Å²) in [5.41, 5.74) is 2.54. The van der Waals surface area contributed by atoms with E-state index in [1.165, 1.54) is 12.0 Å². The highest BCUT2D eigenvalue weighted by atomic mass is 16.5. The molecule has 1 unspecified atom stereocenters. The van der Waals surface area contributed by atoms with Gasteiger partial charge in [0, 0.05) is 36.7 Å². The van der Waals surface area contributed by atoms with E-state index < -0.39 is 6.03 Å². The monoisotopic (exact) mass is 588 g/mol. The zero-order chi connectivity index (χ0) is 31.2. The first kappa shape index (κ1) is 32.7. The Morgan fingerprint density at radius 3 is 2.33 bits per heavy atom. The maximum Gasteiger partial charge on any atom is 0.319 e. The number of nitrogens with one attached hydrogen (secondary N) is 2. The first-order chi connectivity index (χ1) is 20.7. The van der Waals surface area contributed by atoms with Crippen molar-refractivity contribution in [1.82, 2.24) is 5.32 Å². The van der Waals surface area contributed by atoms with Crippen molar-refractivity contribution in [1.29, 1.82) is 0 Å². The molecule has 0 heterocycles. The van der Waals surface area contributed by atoms with Gasteiger partial charge in [-0.2, -0.15) is 0 Å². The summed E-state index contributed by atoms with van der Waals surface area (Å²) in [4.78, 5) is 53.4. The van der Waals surface area contributed by atoms with Gasteiger partial charge in [-0.3, -0.25) is 14.4 Å². The van der Waals surface area contributed by atoms with E-state index in [1.54, 1.807) is 60.5 Å². The van der Waals surface area contributed by atoms with Crippen LogP contribution in [0.3, 0.4) is 0 Å². The van der Waals surface area contributed by atoms with Crippen LogP contribution in [0.15, 0.2) is 78.9 Å². The maximum absolute atomic E-state index is 13.4. The summed E-state index contributed by atoms with van der Waals surface area (Å²) in [6.45, 7) is 4.27. The van der Waals surface area contributed by atoms with Gasteiger partial charge in [0.15, 0.2) is 6.61 Å². The number of para-hydroxylation sites is 1. The van der Waals surface area contributed by atoms with Gasteiger partial charge in [0.25, 0.3) is 5.91 Å². The van der Waals surface area contributed by atoms with Crippen LogP contribution in [-0.4, -0.2) is 57.7 Å². The van der Waals surface area contributed by atoms with E-state index in [9.17, 15) is 19.2 Å². The van der Waals surface area contributed by atoms with Crippen LogP contribution < -0.4 is 25.2 Å². The fraction of sp³-hybridized carbons (Fsp3) is 0.333. The van der Waals surface area contributed by atoms with E-state index in [1.807, 2.05) is 30.3 Å². The molecule has 3 aromatic carbocycles. The number of nitrogens with zero attached hydrogens (tertiary/aromatic N) is 2. The molecule has 43 heavy (non-hydrogen) atoms. The van der Waals surface area contributed by atoms with E-state index in [2.05, 4.69) is 24.5 Å². The van der Waals surface area contributed by atoms with Gasteiger partial charge in [-0.15, -0.1) is 0 Å². The number of esters is 1. The third kappa shape index (κ3) is 10.5. The van der Waals surface area contributed by atoms with Crippen molar-refractivity contribution in [2.45, 2.75) is 33.1 Å². The lowest BCUT2D eigenvalue weighted by molar-refractivity contribution is -0.139. The molecule has 0 bridgehead atoms. The van der Waals surface area contributed by atoms with Gasteiger partial charge in [0.1, 0.15) is 5.75 Å². The molecule has 0 fully saturated rings. The number of methoxy groups -OCH3 is 1. The molecule has 1 atom stereocenters. The van der Waals surface area contributed by atoms with Crippen LogP contribution in [0.1, 0.15) is 32.3 Å². The fourth-order valence-corrected chi connectivity index (χ4v) is 4.15. The minimum absolute atomic E-state index is 0.0813. The summed E-state index contributed by atoms with van der Waals surface area (Å²) in [7, 11) is 3.01. The molecule has 228 valence electrons. The number of carbonyl (C=O) groups excluding carboxylic acids is 4. The van der Waals surface area contributed by atoms with E-state index in [-0.39, 0.29) is 37.4 Å². The molecule has 2 N–H and O–H groups in total. The summed E-state index contributed by atoms with van der Waals surface area (Å²) < 4.78 is 10.5. The second-order valence-corrected chi connectivity index (χ2v) is 10.2. The second-order valence-electron chi connectivity index (χ2n) is 10.2. The molecule has 0 saturated heterocycles. The van der Waals surface area contributed by atoms with Crippen LogP contribution in [-0.2, 0) is 25.5 Å². The molecular formula is C33H40N4O6. The maximum atomic E-state index is 13.4. The molecule has 0 saturated carbocycles. The average Bonchev–Trinajstić information content (AvgIpc) is 3.02. The highest BCUT2D eigenvalue weighted by molar-refractivity contribution is 5.98. The fourth-order valence-electron chi connectivity index (χ4n) is 4.15. The Bertz CT molecular complexity index is 1380. The zero-order valence-electron chi connectivity index (χ0n) is 25.2. The number of anilines is 3. The number of hydrogen-bond acceptors (Lipinski definition) is 6. The van der Waals surface area contributed by atoms with Crippen molar-refractivity contribution in [2.75, 3.05) is 49.0 Å². The van der Waals surface area contributed by atoms with E-state index >= 15 is 0 Å². The number of hydrogen-bond donors (Lipinski definition) is 2. The molecule has 3 aromatic rings. The normalized spacial score (nSPS) is 11.2. The smallest absolute Gasteiger partial charge is 0.319 e. The van der Waals surface area contributed by atoms with Gasteiger partial charge >= 0.3 is 12.0 Å². The summed E-state index contributed by atoms with van der Waals surface area (Å²) in [5, 5.41) is 5.32. The predicted octanol–water partition coefficient (Wildman–Crippen LogP) is 5.03. The summed E-state index contributed by atoms with van der Waals surface area (Å²) in [6.07, 6.45) is 1.82. The Labute approximate surface area is 253 Å². The standard InChI is InChI=1S/C33H40N4O6/c1-5-24(2)17-18-37(30(38)22-34-33(41)35-26-12-9-11-25(19-26)20-32(40)42-4)28-15-10-16-29(21-28)43-23-31(39)36(3)27-13-7-6-8-14-27/h6-16,19,21,24H,5,17-18,20,22-23H2,1-4H3,(H2,34,35,41). The van der Waals surface area contributed by atoms with Gasteiger partial charge in [-0.05, 0) is 54.3 Å². The van der Waals surface area contributed by atoms with Crippen molar-refractivity contribution >= 4 is 40.9 Å². The Hall–Kier alpha value is -4.86. The molecule has 0 aliphatic heterocycles. The van der Waals surface area contributed by atoms with Crippen LogP contribution in [0, 0.1) is 5.92 Å². The molecule has 3 rings (SSSR count). The predicted molar refractivity (Wildman–Crippen MR) is 167 cm³/mol. The molecule has 4 amide bonds. The van der Waals surface area contributed by atoms with Crippen LogP contribution in [0.5, 0.6) is 5.75 Å². The lowest BCUT2D eigenvalue weighted by atomic mass is 10.0. The quantitative estimate of drug-likeness (QED) is 0.255. The van der Waals surface area contributed by atoms with Crippen molar-refractivity contribution in [2.24, 2.45) is 5.92 Å². The summed E-state index contributed by atoms with van der Waals surface area (Å²) in [6, 6.07) is 22.6. The first-order valence-electron chi connectivity index (χ1n) is 14.3. The molecule has 0 aliphatic rings. The van der Waals surface area contributed by atoms with E-state index in [0.717, 1.165) is 18.5 Å². The third-order valence-corrected chi connectivity index (χ3v) is 7.01. The molecule has 10 nitrogen and oxygen atoms in total. The molecule has 0 radical (unpaired) electrons. The second kappa shape index (κ2) is 16.5. The van der Waals surface area contributed by atoms with Crippen LogP contribution in [0.4, 0.5) is 21.9 Å². The minimum atomic E-state index is -0.552. The zero-order valence-corrected chi connectivity index (χ0v) is 25.2. The molecule has 0 aromatic heterocycles. The molecule has 0 spiro atoms. The van der Waals surface area contributed by atoms with Crippen LogP contribution in [0.2, 0.25) is 0 Å². The van der Waals surface area contributed by atoms with Crippen molar-refractivity contribution in [3.63, 3.8) is 0 Å². The van der Waals surface area contributed by atoms with Crippen molar-refractivity contribution in [3.05, 3.63) is 84.4 Å². The average molecular weight is 589 g/mol. The summed E-state index contributed by atoms with van der Waals surface area (Å²) >= 11 is 0. The number of carbonyl (C=O) groups is 4. The Morgan fingerprint density at radius 1 is 0.884 bits per heavy atom. The highest BCUT2D eigenvalue weighted by Gasteiger charge is 2.19. The van der Waals surface area contributed by atoms with Crippen molar-refractivity contribution in [3.8, 4) is 5.75 Å². The van der Waals surface area contributed by atoms with Gasteiger partial charge in [0.2, 0.25) is 5.91 Å². The largest absolute Gasteiger partial charge is 0.484 e. The number of likely N-dealkylation sites (N-methyl/N-ethyl adjacent to an activating group) is 1. The number of urea groups is 1. The first-order valence-corrected chi connectivity index (χ1v) is 14.3. The number of benzene rings is 3. The number of rotatable bonds is 14. The number of amides is 4. The van der Waals surface area contributed by atoms with Crippen molar-refractivity contribution < 1.29 is 28.7 Å². The Kier molecular flexibility index (Phi) is 12.6. The van der Waals surface area contributed by atoms with E-state index in [0.29, 0.717) is 35.2 Å². The molecule has 10 heteroatoms. The number of ether oxygens (including phenoxy) is 2. The lowest BCUT2D eigenvalue weighted by Gasteiger charge is -2.25. The topological polar surface area (TPSA) is 117 Å². The highest BCUT2D eigenvalue weighted by Crippen LogP contribution is 2.23. The molecule has 0 aliphatic carbocycles. The van der Waals surface area contributed by atoms with Gasteiger partial charge in [-0.25, -0.2) is 4.79 Å². The van der Waals surface area contributed by atoms with Gasteiger partial charge in [0.05, 0.1) is 20.1 Å². The van der Waals surface area contributed by atoms with Gasteiger partial charge in [-0.1, -0.05) is 56.7 Å². The van der Waals surface area contributed by atoms with Crippen LogP contribution in [0.25, 0.3) is 0 Å². The third-order valence-electron chi connectivity index (χ3n) is 7.01. The SMILES string of the molecule is CCC(C)CCN(C(=O)CNC(=O)Nc1cccc(CC(=O)OC)c1)c1cccc(OCC(=O)N(C)c2ccccc2)c1. The van der Waals surface area contributed by atoms with E-state index in [4.69, 9.17) is 9.47 Å². The lowest BCUT2D eigenvalue weighted by Crippen LogP contribution is -2.42. The Morgan fingerprint density at radius 2 is 1.60 bits per heavy atom. The minimum Gasteiger partial charge on any atom is -0.484 e. The van der Waals surface area contributed by atoms with Crippen LogP contribution >= 0.6 is 0 Å². The Balaban J connectivity index is 1.64.